The van der Waals surface area contributed by atoms with E-state index in [9.17, 15) is 9.59 Å². The van der Waals surface area contributed by atoms with Crippen LogP contribution in [0.2, 0.25) is 0 Å². The predicted octanol–water partition coefficient (Wildman–Crippen LogP) is 4.99. The molecule has 4 nitrogen and oxygen atoms in total. The van der Waals surface area contributed by atoms with Crippen LogP contribution in [0.5, 0.6) is 5.75 Å². The van der Waals surface area contributed by atoms with Crippen LogP contribution >= 0.6 is 0 Å². The molecule has 1 saturated heterocycles. The average Bonchev–Trinajstić information content (AvgIpc) is 2.70. The van der Waals surface area contributed by atoms with Crippen molar-refractivity contribution >= 4 is 22.5 Å². The van der Waals surface area contributed by atoms with Gasteiger partial charge in [-0.2, -0.15) is 0 Å². The van der Waals surface area contributed by atoms with Crippen molar-refractivity contribution in [1.82, 2.24) is 0 Å². The highest BCUT2D eigenvalue weighted by molar-refractivity contribution is 6.08. The molecule has 0 unspecified atom stereocenters. The Bertz CT molecular complexity index is 906. The second kappa shape index (κ2) is 6.36. The first-order chi connectivity index (χ1) is 12.9. The molecule has 1 heterocycles. The van der Waals surface area contributed by atoms with Crippen molar-refractivity contribution in [2.75, 3.05) is 7.11 Å². The Morgan fingerprint density at radius 1 is 1.00 bits per heavy atom. The fourth-order valence-electron chi connectivity index (χ4n) is 4.93. The smallest absolute Gasteiger partial charge is 0.319 e. The summed E-state index contributed by atoms with van der Waals surface area (Å²) in [5, 5.41) is 2.03. The van der Waals surface area contributed by atoms with E-state index in [1.165, 1.54) is 0 Å². The first kappa shape index (κ1) is 18.0. The number of ketones is 1. The molecule has 2 aliphatic rings. The van der Waals surface area contributed by atoms with E-state index < -0.39 is 22.9 Å². The summed E-state index contributed by atoms with van der Waals surface area (Å²) < 4.78 is 11.7. The molecule has 1 aliphatic heterocycles. The number of fused-ring (bicyclic) bond motifs is 1. The van der Waals surface area contributed by atoms with E-state index in [0.29, 0.717) is 5.75 Å². The van der Waals surface area contributed by atoms with Gasteiger partial charge >= 0.3 is 5.97 Å². The van der Waals surface area contributed by atoms with Crippen molar-refractivity contribution in [1.29, 1.82) is 0 Å². The van der Waals surface area contributed by atoms with Gasteiger partial charge in [-0.25, -0.2) is 0 Å². The Hall–Kier alpha value is -2.36. The molecule has 0 amide bonds. The highest BCUT2D eigenvalue weighted by Crippen LogP contribution is 2.57. The molecule has 27 heavy (non-hydrogen) atoms. The summed E-state index contributed by atoms with van der Waals surface area (Å²) in [7, 11) is 1.62. The Balaban J connectivity index is 1.98. The molecule has 1 aliphatic carbocycles. The van der Waals surface area contributed by atoms with Gasteiger partial charge in [0.05, 0.1) is 12.5 Å². The van der Waals surface area contributed by atoms with Crippen LogP contribution in [0.15, 0.2) is 36.4 Å². The van der Waals surface area contributed by atoms with Crippen LogP contribution in [0, 0.1) is 10.8 Å². The SMILES string of the molecule is COc1ccc2ccccc2c1[C@@H]1OC(=O)C(C)(C)C(=O)C12CCCCC2. The van der Waals surface area contributed by atoms with Gasteiger partial charge in [0.15, 0.2) is 5.78 Å². The highest BCUT2D eigenvalue weighted by Gasteiger charge is 2.60. The number of Topliss-reactive ketones (excluding diaryl/α,β-unsaturated/α-hetero) is 1. The lowest BCUT2D eigenvalue weighted by atomic mass is 9.58. The number of hydrogen-bond donors (Lipinski definition) is 0. The largest absolute Gasteiger partial charge is 0.496 e. The van der Waals surface area contributed by atoms with Gasteiger partial charge in [-0.15, -0.1) is 0 Å². The quantitative estimate of drug-likeness (QED) is 0.555. The molecule has 0 aromatic heterocycles. The summed E-state index contributed by atoms with van der Waals surface area (Å²) in [5.41, 5.74) is -0.951. The molecule has 2 fully saturated rings. The Morgan fingerprint density at radius 2 is 1.70 bits per heavy atom. The summed E-state index contributed by atoms with van der Waals surface area (Å²) in [4.78, 5) is 26.4. The first-order valence-electron chi connectivity index (χ1n) is 9.73. The maximum absolute atomic E-state index is 13.6. The zero-order valence-corrected chi connectivity index (χ0v) is 16.2. The van der Waals surface area contributed by atoms with E-state index >= 15 is 0 Å². The second-order valence-electron chi connectivity index (χ2n) is 8.36. The van der Waals surface area contributed by atoms with E-state index in [-0.39, 0.29) is 5.78 Å². The van der Waals surface area contributed by atoms with Crippen LogP contribution < -0.4 is 4.74 Å². The van der Waals surface area contributed by atoms with Gasteiger partial charge in [0.1, 0.15) is 17.3 Å². The van der Waals surface area contributed by atoms with Gasteiger partial charge in [0.25, 0.3) is 0 Å². The molecule has 4 heteroatoms. The number of esters is 1. The van der Waals surface area contributed by atoms with Crippen LogP contribution in [0.1, 0.15) is 57.6 Å². The average molecular weight is 366 g/mol. The molecule has 0 N–H and O–H groups in total. The van der Waals surface area contributed by atoms with Crippen molar-refractivity contribution in [3.63, 3.8) is 0 Å². The summed E-state index contributed by atoms with van der Waals surface area (Å²) in [5.74, 6) is 0.249. The molecular weight excluding hydrogens is 340 g/mol. The zero-order chi connectivity index (χ0) is 19.2. The van der Waals surface area contributed by atoms with Crippen LogP contribution in [0.3, 0.4) is 0 Å². The summed E-state index contributed by atoms with van der Waals surface area (Å²) in [6.07, 6.45) is 3.96. The van der Waals surface area contributed by atoms with Gasteiger partial charge in [0.2, 0.25) is 0 Å². The van der Waals surface area contributed by atoms with E-state index in [0.717, 1.165) is 48.4 Å². The van der Waals surface area contributed by atoms with Gasteiger partial charge in [-0.3, -0.25) is 9.59 Å². The third-order valence-corrected chi connectivity index (χ3v) is 6.42. The molecule has 1 saturated carbocycles. The first-order valence-corrected chi connectivity index (χ1v) is 9.73. The number of rotatable bonds is 2. The van der Waals surface area contributed by atoms with Crippen LogP contribution in [-0.2, 0) is 14.3 Å². The Morgan fingerprint density at radius 3 is 2.41 bits per heavy atom. The van der Waals surface area contributed by atoms with E-state index in [2.05, 4.69) is 0 Å². The number of cyclic esters (lactones) is 1. The number of hydrogen-bond acceptors (Lipinski definition) is 4. The second-order valence-corrected chi connectivity index (χ2v) is 8.36. The molecule has 4 rings (SSSR count). The van der Waals surface area contributed by atoms with Crippen LogP contribution in [0.4, 0.5) is 0 Å². The Kier molecular flexibility index (Phi) is 4.25. The summed E-state index contributed by atoms with van der Waals surface area (Å²) in [6.45, 7) is 3.40. The predicted molar refractivity (Wildman–Crippen MR) is 104 cm³/mol. The Labute approximate surface area is 159 Å². The molecule has 0 radical (unpaired) electrons. The third kappa shape index (κ3) is 2.57. The van der Waals surface area contributed by atoms with Crippen molar-refractivity contribution < 1.29 is 19.1 Å². The lowest BCUT2D eigenvalue weighted by Crippen LogP contribution is -2.55. The maximum Gasteiger partial charge on any atom is 0.319 e. The number of carbonyl (C=O) groups is 2. The van der Waals surface area contributed by atoms with Crippen molar-refractivity contribution in [3.8, 4) is 5.75 Å². The van der Waals surface area contributed by atoms with Gasteiger partial charge in [-0.05, 0) is 43.5 Å². The third-order valence-electron chi connectivity index (χ3n) is 6.42. The number of ether oxygens (including phenoxy) is 2. The lowest BCUT2D eigenvalue weighted by molar-refractivity contribution is -0.192. The van der Waals surface area contributed by atoms with Gasteiger partial charge in [0, 0.05) is 5.56 Å². The number of benzene rings is 2. The standard InChI is InChI=1S/C23H26O4/c1-22(2)20(24)23(13-7-4-8-14-23)19(27-21(22)25)18-16-10-6-5-9-15(16)11-12-17(18)26-3/h5-6,9-12,19H,4,7-8,13-14H2,1-3H3/t19-/m0/s1. The molecule has 2 aromatic carbocycles. The van der Waals surface area contributed by atoms with Gasteiger partial charge < -0.3 is 9.47 Å². The fraction of sp³-hybridized carbons (Fsp3) is 0.478. The molecule has 1 atom stereocenters. The van der Waals surface area contributed by atoms with E-state index in [1.54, 1.807) is 21.0 Å². The highest BCUT2D eigenvalue weighted by atomic mass is 16.6. The van der Waals surface area contributed by atoms with Crippen LogP contribution in [0.25, 0.3) is 10.8 Å². The van der Waals surface area contributed by atoms with Crippen molar-refractivity contribution in [3.05, 3.63) is 42.0 Å². The molecule has 2 aromatic rings. The zero-order valence-electron chi connectivity index (χ0n) is 16.2. The normalized spacial score (nSPS) is 24.0. The summed E-state index contributed by atoms with van der Waals surface area (Å²) in [6, 6.07) is 11.9. The number of carbonyl (C=O) groups excluding carboxylic acids is 2. The lowest BCUT2D eigenvalue weighted by Gasteiger charge is -2.49. The fourth-order valence-corrected chi connectivity index (χ4v) is 4.93. The molecule has 0 bridgehead atoms. The summed E-state index contributed by atoms with van der Waals surface area (Å²) >= 11 is 0. The monoisotopic (exact) mass is 366 g/mol. The molecular formula is C23H26O4. The minimum atomic E-state index is -1.11. The topological polar surface area (TPSA) is 52.6 Å². The van der Waals surface area contributed by atoms with E-state index in [4.69, 9.17) is 9.47 Å². The maximum atomic E-state index is 13.6. The van der Waals surface area contributed by atoms with Crippen LogP contribution in [-0.4, -0.2) is 18.9 Å². The minimum absolute atomic E-state index is 0.0194. The molecule has 1 spiro atoms. The minimum Gasteiger partial charge on any atom is -0.496 e. The van der Waals surface area contributed by atoms with Gasteiger partial charge in [-0.1, -0.05) is 49.6 Å². The van der Waals surface area contributed by atoms with Crippen molar-refractivity contribution in [2.24, 2.45) is 10.8 Å². The van der Waals surface area contributed by atoms with Crippen molar-refractivity contribution in [2.45, 2.75) is 52.1 Å². The number of methoxy groups -OCH3 is 1. The van der Waals surface area contributed by atoms with E-state index in [1.807, 2.05) is 36.4 Å². The molecule has 142 valence electrons.